The third-order valence-corrected chi connectivity index (χ3v) is 2.79. The molecule has 2 rings (SSSR count). The van der Waals surface area contributed by atoms with Crippen molar-refractivity contribution in [2.45, 2.75) is 32.4 Å². The van der Waals surface area contributed by atoms with Gasteiger partial charge in [0.25, 0.3) is 0 Å². The smallest absolute Gasteiger partial charge is 0.240 e. The minimum Gasteiger partial charge on any atom is -0.376 e. The Labute approximate surface area is 107 Å². The van der Waals surface area contributed by atoms with E-state index in [2.05, 4.69) is 22.0 Å². The van der Waals surface area contributed by atoms with Gasteiger partial charge in [-0.2, -0.15) is 4.98 Å². The second-order valence-electron chi connectivity index (χ2n) is 4.62. The van der Waals surface area contributed by atoms with Gasteiger partial charge < -0.3 is 14.0 Å². The van der Waals surface area contributed by atoms with Gasteiger partial charge in [-0.15, -0.1) is 0 Å². The lowest BCUT2D eigenvalue weighted by molar-refractivity contribution is -0.0967. The quantitative estimate of drug-likeness (QED) is 0.751. The molecule has 1 fully saturated rings. The highest BCUT2D eigenvalue weighted by Gasteiger charge is 2.17. The zero-order valence-electron chi connectivity index (χ0n) is 11.1. The maximum absolute atomic E-state index is 5.60. The molecule has 0 aliphatic carbocycles. The molecule has 1 aromatic heterocycles. The molecule has 2 heterocycles. The summed E-state index contributed by atoms with van der Waals surface area (Å²) in [5.41, 5.74) is 0. The summed E-state index contributed by atoms with van der Waals surface area (Å²) in [4.78, 5) is 6.46. The summed E-state index contributed by atoms with van der Waals surface area (Å²) >= 11 is 0. The van der Waals surface area contributed by atoms with Gasteiger partial charge in [-0.05, 0) is 13.5 Å². The first kappa shape index (κ1) is 13.5. The number of rotatable bonds is 6. The Bertz CT molecular complexity index is 350. The lowest BCUT2D eigenvalue weighted by Gasteiger charge is -2.26. The predicted molar refractivity (Wildman–Crippen MR) is 65.2 cm³/mol. The maximum Gasteiger partial charge on any atom is 0.240 e. The van der Waals surface area contributed by atoms with Gasteiger partial charge >= 0.3 is 0 Å². The normalized spacial score (nSPS) is 20.5. The zero-order chi connectivity index (χ0) is 12.8. The molecule has 1 aromatic rings. The van der Waals surface area contributed by atoms with E-state index in [4.69, 9.17) is 14.0 Å². The van der Waals surface area contributed by atoms with E-state index in [1.807, 2.05) is 7.05 Å². The van der Waals surface area contributed by atoms with E-state index in [1.165, 1.54) is 0 Å². The van der Waals surface area contributed by atoms with Crippen LogP contribution in [0.2, 0.25) is 0 Å². The molecule has 6 nitrogen and oxygen atoms in total. The molecule has 0 spiro atoms. The molecule has 1 atom stereocenters. The Kier molecular flexibility index (Phi) is 5.10. The van der Waals surface area contributed by atoms with Crippen LogP contribution in [-0.4, -0.2) is 54.6 Å². The predicted octanol–water partition coefficient (Wildman–Crippen LogP) is 0.869. The van der Waals surface area contributed by atoms with E-state index < -0.39 is 0 Å². The van der Waals surface area contributed by atoms with Gasteiger partial charge in [0.2, 0.25) is 5.89 Å². The summed E-state index contributed by atoms with van der Waals surface area (Å²) in [6, 6.07) is 0. The molecular formula is C12H21N3O3. The molecule has 0 bridgehead atoms. The molecule has 1 aliphatic heterocycles. The second-order valence-corrected chi connectivity index (χ2v) is 4.62. The van der Waals surface area contributed by atoms with Gasteiger partial charge in [-0.1, -0.05) is 12.1 Å². The van der Waals surface area contributed by atoms with E-state index in [9.17, 15) is 0 Å². The number of aryl methyl sites for hydroxylation is 1. The van der Waals surface area contributed by atoms with Crippen molar-refractivity contribution in [3.05, 3.63) is 11.7 Å². The van der Waals surface area contributed by atoms with Crippen molar-refractivity contribution < 1.29 is 14.0 Å². The Hall–Kier alpha value is -0.980. The lowest BCUT2D eigenvalue weighted by atomic mass is 10.3. The van der Waals surface area contributed by atoms with Crippen LogP contribution in [0.25, 0.3) is 0 Å². The highest BCUT2D eigenvalue weighted by molar-refractivity contribution is 4.86. The van der Waals surface area contributed by atoms with Crippen molar-refractivity contribution in [2.75, 3.05) is 33.4 Å². The number of hydrogen-bond donors (Lipinski definition) is 0. The van der Waals surface area contributed by atoms with Crippen LogP contribution in [0.15, 0.2) is 4.52 Å². The average Bonchev–Trinajstić information content (AvgIpc) is 2.78. The largest absolute Gasteiger partial charge is 0.376 e. The number of hydrogen-bond acceptors (Lipinski definition) is 6. The van der Waals surface area contributed by atoms with E-state index >= 15 is 0 Å². The molecule has 0 unspecified atom stereocenters. The van der Waals surface area contributed by atoms with Crippen molar-refractivity contribution >= 4 is 0 Å². The summed E-state index contributed by atoms with van der Waals surface area (Å²) in [7, 11) is 2.02. The first-order valence-electron chi connectivity index (χ1n) is 6.47. The molecule has 0 saturated carbocycles. The fraction of sp³-hybridized carbons (Fsp3) is 0.833. The van der Waals surface area contributed by atoms with Gasteiger partial charge in [0.1, 0.15) is 0 Å². The van der Waals surface area contributed by atoms with Crippen LogP contribution >= 0.6 is 0 Å². The van der Waals surface area contributed by atoms with Crippen molar-refractivity contribution in [3.63, 3.8) is 0 Å². The molecule has 1 aliphatic rings. The third kappa shape index (κ3) is 4.04. The summed E-state index contributed by atoms with van der Waals surface area (Å²) in [6.07, 6.45) is 2.04. The van der Waals surface area contributed by atoms with Gasteiger partial charge in [0.05, 0.1) is 32.5 Å². The van der Waals surface area contributed by atoms with Crippen molar-refractivity contribution in [3.8, 4) is 0 Å². The molecule has 0 radical (unpaired) electrons. The summed E-state index contributed by atoms with van der Waals surface area (Å²) in [5, 5.41) is 3.94. The number of aromatic nitrogens is 2. The molecule has 0 aromatic carbocycles. The number of ether oxygens (including phenoxy) is 2. The van der Waals surface area contributed by atoms with E-state index in [-0.39, 0.29) is 6.10 Å². The van der Waals surface area contributed by atoms with E-state index in [0.717, 1.165) is 25.2 Å². The van der Waals surface area contributed by atoms with Crippen LogP contribution < -0.4 is 0 Å². The van der Waals surface area contributed by atoms with Crippen LogP contribution in [-0.2, 0) is 22.4 Å². The van der Waals surface area contributed by atoms with Gasteiger partial charge in [-0.3, -0.25) is 4.90 Å². The summed E-state index contributed by atoms with van der Waals surface area (Å²) in [5.74, 6) is 1.45. The lowest BCUT2D eigenvalue weighted by Crippen LogP contribution is -2.38. The average molecular weight is 255 g/mol. The SMILES string of the molecule is CCCc1noc(CN(C)C[C@H]2COCCO2)n1. The highest BCUT2D eigenvalue weighted by atomic mass is 16.6. The summed E-state index contributed by atoms with van der Waals surface area (Å²) < 4.78 is 16.2. The minimum atomic E-state index is 0.141. The molecule has 102 valence electrons. The van der Waals surface area contributed by atoms with Gasteiger partial charge in [0, 0.05) is 13.0 Å². The minimum absolute atomic E-state index is 0.141. The van der Waals surface area contributed by atoms with Crippen molar-refractivity contribution in [1.29, 1.82) is 0 Å². The molecule has 0 amide bonds. The standard InChI is InChI=1S/C12H21N3O3/c1-3-4-11-13-12(18-14-11)8-15(2)7-10-9-16-5-6-17-10/h10H,3-9H2,1-2H3/t10-/m0/s1. The van der Waals surface area contributed by atoms with Crippen LogP contribution in [0.5, 0.6) is 0 Å². The van der Waals surface area contributed by atoms with Crippen LogP contribution in [0.4, 0.5) is 0 Å². The van der Waals surface area contributed by atoms with Crippen LogP contribution in [0, 0.1) is 0 Å². The van der Waals surface area contributed by atoms with E-state index in [0.29, 0.717) is 32.3 Å². The maximum atomic E-state index is 5.60. The number of likely N-dealkylation sites (N-methyl/N-ethyl adjacent to an activating group) is 1. The Morgan fingerprint density at radius 3 is 3.00 bits per heavy atom. The Morgan fingerprint density at radius 2 is 2.28 bits per heavy atom. The molecule has 0 N–H and O–H groups in total. The molecule has 1 saturated heterocycles. The Balaban J connectivity index is 1.76. The Morgan fingerprint density at radius 1 is 1.39 bits per heavy atom. The first-order valence-corrected chi connectivity index (χ1v) is 6.47. The fourth-order valence-corrected chi connectivity index (χ4v) is 1.96. The molecule has 6 heteroatoms. The van der Waals surface area contributed by atoms with E-state index in [1.54, 1.807) is 0 Å². The second kappa shape index (κ2) is 6.82. The van der Waals surface area contributed by atoms with Gasteiger partial charge in [0.15, 0.2) is 5.82 Å². The third-order valence-electron chi connectivity index (χ3n) is 2.79. The molecule has 18 heavy (non-hydrogen) atoms. The molecular weight excluding hydrogens is 234 g/mol. The highest BCUT2D eigenvalue weighted by Crippen LogP contribution is 2.06. The van der Waals surface area contributed by atoms with Crippen LogP contribution in [0.1, 0.15) is 25.1 Å². The van der Waals surface area contributed by atoms with Gasteiger partial charge in [-0.25, -0.2) is 0 Å². The topological polar surface area (TPSA) is 60.6 Å². The zero-order valence-corrected chi connectivity index (χ0v) is 11.1. The van der Waals surface area contributed by atoms with Crippen molar-refractivity contribution in [2.24, 2.45) is 0 Å². The first-order chi connectivity index (χ1) is 8.78. The number of nitrogens with zero attached hydrogens (tertiary/aromatic N) is 3. The van der Waals surface area contributed by atoms with Crippen LogP contribution in [0.3, 0.4) is 0 Å². The monoisotopic (exact) mass is 255 g/mol. The fourth-order valence-electron chi connectivity index (χ4n) is 1.96. The van der Waals surface area contributed by atoms with Crippen molar-refractivity contribution in [1.82, 2.24) is 15.0 Å². The summed E-state index contributed by atoms with van der Waals surface area (Å²) in [6.45, 7) is 5.60.